The van der Waals surface area contributed by atoms with E-state index in [4.69, 9.17) is 16.3 Å². The second kappa shape index (κ2) is 8.28. The van der Waals surface area contributed by atoms with Gasteiger partial charge in [-0.25, -0.2) is 9.11 Å². The Kier molecular flexibility index (Phi) is 6.30. The van der Waals surface area contributed by atoms with Crippen LogP contribution in [-0.2, 0) is 14.9 Å². The van der Waals surface area contributed by atoms with Crippen molar-refractivity contribution >= 4 is 21.8 Å². The van der Waals surface area contributed by atoms with Gasteiger partial charge in [0.05, 0.1) is 19.3 Å². The average molecular weight is 392 g/mol. The molecule has 0 radical (unpaired) electrons. The summed E-state index contributed by atoms with van der Waals surface area (Å²) < 4.78 is 48.6. The van der Waals surface area contributed by atoms with E-state index >= 15 is 0 Å². The minimum atomic E-state index is -3.63. The molecule has 0 spiro atoms. The monoisotopic (exact) mass is 391 g/mol. The molecule has 0 bridgehead atoms. The van der Waals surface area contributed by atoms with Crippen LogP contribution in [0.1, 0.15) is 24.4 Å². The molecule has 1 aromatic carbocycles. The summed E-state index contributed by atoms with van der Waals surface area (Å²) in [6.45, 7) is 3.10. The predicted molar refractivity (Wildman–Crippen MR) is 94.3 cm³/mol. The van der Waals surface area contributed by atoms with Crippen LogP contribution in [0.3, 0.4) is 0 Å². The maximum absolute atomic E-state index is 14.4. The standard InChI is InChI=1S/C16H23ClFN3O3S/c17-13-4-3-5-14(18)16(13)15(20-6-1-2-7-20)12-19-25(22,23)21-8-10-24-11-9-21/h3-5,15,19H,1-2,6-12H2/t15-/m1/s1. The van der Waals surface area contributed by atoms with Gasteiger partial charge in [0.15, 0.2) is 0 Å². The lowest BCUT2D eigenvalue weighted by Gasteiger charge is -2.31. The first-order valence-electron chi connectivity index (χ1n) is 8.49. The van der Waals surface area contributed by atoms with Gasteiger partial charge in [0.2, 0.25) is 0 Å². The van der Waals surface area contributed by atoms with E-state index in [9.17, 15) is 12.8 Å². The van der Waals surface area contributed by atoms with Gasteiger partial charge in [-0.3, -0.25) is 4.90 Å². The molecule has 0 amide bonds. The van der Waals surface area contributed by atoms with Crippen LogP contribution in [0.5, 0.6) is 0 Å². The minimum absolute atomic E-state index is 0.0837. The van der Waals surface area contributed by atoms with E-state index in [-0.39, 0.29) is 6.54 Å². The van der Waals surface area contributed by atoms with Crippen molar-refractivity contribution in [1.82, 2.24) is 13.9 Å². The predicted octanol–water partition coefficient (Wildman–Crippen LogP) is 1.78. The SMILES string of the molecule is O=S(=O)(NC[C@H](c1c(F)cccc1Cl)N1CCCC1)N1CCOCC1. The number of morpholine rings is 1. The van der Waals surface area contributed by atoms with Crippen LogP contribution in [0, 0.1) is 5.82 Å². The Morgan fingerprint density at radius 3 is 2.52 bits per heavy atom. The number of nitrogens with zero attached hydrogens (tertiary/aromatic N) is 2. The van der Waals surface area contributed by atoms with Crippen LogP contribution in [0.15, 0.2) is 18.2 Å². The molecule has 6 nitrogen and oxygen atoms in total. The maximum atomic E-state index is 14.4. The molecule has 2 fully saturated rings. The third kappa shape index (κ3) is 4.50. The highest BCUT2D eigenvalue weighted by molar-refractivity contribution is 7.87. The highest BCUT2D eigenvalue weighted by Crippen LogP contribution is 2.32. The Morgan fingerprint density at radius 2 is 1.88 bits per heavy atom. The summed E-state index contributed by atoms with van der Waals surface area (Å²) in [5.74, 6) is -0.407. The molecule has 1 atom stereocenters. The third-order valence-electron chi connectivity index (χ3n) is 4.68. The third-order valence-corrected chi connectivity index (χ3v) is 6.59. The van der Waals surface area contributed by atoms with Crippen molar-refractivity contribution in [3.63, 3.8) is 0 Å². The van der Waals surface area contributed by atoms with Gasteiger partial charge in [-0.1, -0.05) is 17.7 Å². The zero-order valence-electron chi connectivity index (χ0n) is 14.0. The van der Waals surface area contributed by atoms with Crippen molar-refractivity contribution in [2.75, 3.05) is 45.9 Å². The number of benzene rings is 1. The van der Waals surface area contributed by atoms with E-state index in [1.807, 2.05) is 0 Å². The summed E-state index contributed by atoms with van der Waals surface area (Å²) in [7, 11) is -3.63. The fraction of sp³-hybridized carbons (Fsp3) is 0.625. The Bertz CT molecular complexity index is 672. The molecule has 2 aliphatic heterocycles. The van der Waals surface area contributed by atoms with Crippen LogP contribution >= 0.6 is 11.6 Å². The Morgan fingerprint density at radius 1 is 1.20 bits per heavy atom. The first-order valence-corrected chi connectivity index (χ1v) is 10.3. The summed E-state index contributed by atoms with van der Waals surface area (Å²) >= 11 is 6.23. The molecule has 2 saturated heterocycles. The fourth-order valence-electron chi connectivity index (χ4n) is 3.36. The summed E-state index contributed by atoms with van der Waals surface area (Å²) in [5.41, 5.74) is 0.357. The molecule has 25 heavy (non-hydrogen) atoms. The number of ether oxygens (including phenoxy) is 1. The summed E-state index contributed by atoms with van der Waals surface area (Å²) in [4.78, 5) is 2.09. The van der Waals surface area contributed by atoms with Crippen molar-refractivity contribution < 1.29 is 17.5 Å². The van der Waals surface area contributed by atoms with Gasteiger partial charge in [-0.2, -0.15) is 12.7 Å². The van der Waals surface area contributed by atoms with Gasteiger partial charge in [0.1, 0.15) is 5.82 Å². The lowest BCUT2D eigenvalue weighted by Crippen LogP contribution is -2.48. The molecule has 1 N–H and O–H groups in total. The van der Waals surface area contributed by atoms with Crippen molar-refractivity contribution in [3.05, 3.63) is 34.6 Å². The second-order valence-corrected chi connectivity index (χ2v) is 8.42. The summed E-state index contributed by atoms with van der Waals surface area (Å²) in [5, 5.41) is 0.322. The van der Waals surface area contributed by atoms with E-state index in [0.29, 0.717) is 36.9 Å². The molecule has 0 saturated carbocycles. The van der Waals surface area contributed by atoms with E-state index in [0.717, 1.165) is 25.9 Å². The van der Waals surface area contributed by atoms with Crippen LogP contribution in [-0.4, -0.2) is 63.6 Å². The highest BCUT2D eigenvalue weighted by atomic mass is 35.5. The largest absolute Gasteiger partial charge is 0.379 e. The van der Waals surface area contributed by atoms with Crippen molar-refractivity contribution in [2.45, 2.75) is 18.9 Å². The van der Waals surface area contributed by atoms with Crippen LogP contribution in [0.25, 0.3) is 0 Å². The van der Waals surface area contributed by atoms with Gasteiger partial charge in [-0.15, -0.1) is 0 Å². The smallest absolute Gasteiger partial charge is 0.279 e. The second-order valence-electron chi connectivity index (χ2n) is 6.26. The van der Waals surface area contributed by atoms with Gasteiger partial charge in [0, 0.05) is 30.2 Å². The number of hydrogen-bond donors (Lipinski definition) is 1. The lowest BCUT2D eigenvalue weighted by molar-refractivity contribution is 0.0723. The first kappa shape index (κ1) is 19.0. The lowest BCUT2D eigenvalue weighted by atomic mass is 10.0. The number of likely N-dealkylation sites (tertiary alicyclic amines) is 1. The Balaban J connectivity index is 1.78. The Labute approximate surface area is 153 Å². The molecular weight excluding hydrogens is 369 g/mol. The maximum Gasteiger partial charge on any atom is 0.279 e. The van der Waals surface area contributed by atoms with E-state index in [2.05, 4.69) is 9.62 Å². The van der Waals surface area contributed by atoms with E-state index in [1.54, 1.807) is 12.1 Å². The average Bonchev–Trinajstić information content (AvgIpc) is 3.12. The van der Waals surface area contributed by atoms with Crippen LogP contribution in [0.4, 0.5) is 4.39 Å². The molecule has 9 heteroatoms. The van der Waals surface area contributed by atoms with Crippen LogP contribution < -0.4 is 4.72 Å². The number of hydrogen-bond acceptors (Lipinski definition) is 4. The number of halogens is 2. The zero-order valence-corrected chi connectivity index (χ0v) is 15.5. The molecule has 0 aliphatic carbocycles. The summed E-state index contributed by atoms with van der Waals surface area (Å²) in [6, 6.07) is 4.13. The van der Waals surface area contributed by atoms with Gasteiger partial charge < -0.3 is 4.74 Å². The quantitative estimate of drug-likeness (QED) is 0.803. The molecule has 2 aliphatic rings. The van der Waals surface area contributed by atoms with Crippen molar-refractivity contribution in [1.29, 1.82) is 0 Å². The highest BCUT2D eigenvalue weighted by Gasteiger charge is 2.31. The summed E-state index contributed by atoms with van der Waals surface area (Å²) in [6.07, 6.45) is 2.03. The van der Waals surface area contributed by atoms with Crippen molar-refractivity contribution in [2.24, 2.45) is 0 Å². The zero-order chi connectivity index (χ0) is 17.9. The van der Waals surface area contributed by atoms with E-state index in [1.165, 1.54) is 10.4 Å². The van der Waals surface area contributed by atoms with Gasteiger partial charge >= 0.3 is 0 Å². The molecule has 2 heterocycles. The van der Waals surface area contributed by atoms with Crippen molar-refractivity contribution in [3.8, 4) is 0 Å². The number of rotatable bonds is 6. The van der Waals surface area contributed by atoms with Crippen LogP contribution in [0.2, 0.25) is 5.02 Å². The molecule has 0 unspecified atom stereocenters. The fourth-order valence-corrected chi connectivity index (χ4v) is 4.83. The molecule has 1 aromatic rings. The van der Waals surface area contributed by atoms with Gasteiger partial charge in [0.25, 0.3) is 10.2 Å². The minimum Gasteiger partial charge on any atom is -0.379 e. The first-order chi connectivity index (χ1) is 12.0. The number of nitrogens with one attached hydrogen (secondary N) is 1. The molecule has 3 rings (SSSR count). The van der Waals surface area contributed by atoms with E-state index < -0.39 is 22.1 Å². The van der Waals surface area contributed by atoms with Gasteiger partial charge in [-0.05, 0) is 38.1 Å². The topological polar surface area (TPSA) is 61.9 Å². The normalized spacial score (nSPS) is 21.5. The molecule has 140 valence electrons. The molecule has 0 aromatic heterocycles. The molecular formula is C16H23ClFN3O3S. The Hall–Kier alpha value is -0.770.